The first-order valence-electron chi connectivity index (χ1n) is 9.18. The SMILES string of the molecule is COc1ccc(N2C(SCc3c(Cl)cccc3Cl)=NC3CS(=O)(=O)CC32)cc1OC. The van der Waals surface area contributed by atoms with Crippen molar-refractivity contribution in [2.45, 2.75) is 17.8 Å². The molecule has 1 saturated heterocycles. The second-order valence-corrected chi connectivity index (χ2v) is 10.9. The fraction of sp³-hybridized carbons (Fsp3) is 0.350. The molecule has 6 nitrogen and oxygen atoms in total. The van der Waals surface area contributed by atoms with E-state index in [0.717, 1.165) is 16.4 Å². The highest BCUT2D eigenvalue weighted by atomic mass is 35.5. The molecule has 2 unspecified atom stereocenters. The smallest absolute Gasteiger partial charge is 0.164 e. The molecule has 0 N–H and O–H groups in total. The summed E-state index contributed by atoms with van der Waals surface area (Å²) in [6, 6.07) is 10.4. The number of sulfone groups is 1. The Bertz CT molecular complexity index is 1090. The molecule has 2 aliphatic rings. The summed E-state index contributed by atoms with van der Waals surface area (Å²) in [6.45, 7) is 0. The van der Waals surface area contributed by atoms with Gasteiger partial charge in [-0.1, -0.05) is 41.0 Å². The number of nitrogens with zero attached hydrogens (tertiary/aromatic N) is 2. The van der Waals surface area contributed by atoms with Gasteiger partial charge in [-0.3, -0.25) is 4.99 Å². The molecule has 0 aromatic heterocycles. The minimum atomic E-state index is -3.14. The fourth-order valence-electron chi connectivity index (χ4n) is 3.72. The molecular formula is C20H20Cl2N2O4S2. The molecule has 0 radical (unpaired) electrons. The van der Waals surface area contributed by atoms with Gasteiger partial charge in [0.05, 0.1) is 37.8 Å². The third kappa shape index (κ3) is 4.10. The maximum atomic E-state index is 12.2. The third-order valence-electron chi connectivity index (χ3n) is 5.16. The first-order chi connectivity index (χ1) is 14.3. The molecule has 30 heavy (non-hydrogen) atoms. The second kappa shape index (κ2) is 8.49. The van der Waals surface area contributed by atoms with Crippen LogP contribution < -0.4 is 14.4 Å². The quantitative estimate of drug-likeness (QED) is 0.627. The summed E-state index contributed by atoms with van der Waals surface area (Å²) in [6.07, 6.45) is 0. The Hall–Kier alpha value is -1.61. The van der Waals surface area contributed by atoms with Crippen molar-refractivity contribution in [1.82, 2.24) is 0 Å². The summed E-state index contributed by atoms with van der Waals surface area (Å²) in [5.74, 6) is 1.81. The number of hydrogen-bond acceptors (Lipinski definition) is 7. The van der Waals surface area contributed by atoms with Crippen LogP contribution >= 0.6 is 35.0 Å². The monoisotopic (exact) mass is 486 g/mol. The number of rotatable bonds is 5. The van der Waals surface area contributed by atoms with Crippen molar-refractivity contribution >= 4 is 55.7 Å². The molecule has 2 aliphatic heterocycles. The number of amidine groups is 1. The van der Waals surface area contributed by atoms with Crippen molar-refractivity contribution in [2.75, 3.05) is 30.6 Å². The number of hydrogen-bond donors (Lipinski definition) is 0. The molecule has 0 aliphatic carbocycles. The summed E-state index contributed by atoms with van der Waals surface area (Å²) in [5, 5.41) is 1.92. The molecule has 0 amide bonds. The molecule has 2 heterocycles. The average molecular weight is 487 g/mol. The first-order valence-corrected chi connectivity index (χ1v) is 12.7. The Morgan fingerprint density at radius 2 is 1.80 bits per heavy atom. The van der Waals surface area contributed by atoms with E-state index in [9.17, 15) is 8.42 Å². The van der Waals surface area contributed by atoms with E-state index in [1.165, 1.54) is 11.8 Å². The predicted octanol–water partition coefficient (Wildman–Crippen LogP) is 4.29. The van der Waals surface area contributed by atoms with Crippen LogP contribution in [0, 0.1) is 0 Å². The van der Waals surface area contributed by atoms with Crippen molar-refractivity contribution in [3.05, 3.63) is 52.0 Å². The van der Waals surface area contributed by atoms with Gasteiger partial charge in [0.25, 0.3) is 0 Å². The molecule has 160 valence electrons. The van der Waals surface area contributed by atoms with Gasteiger partial charge < -0.3 is 14.4 Å². The lowest BCUT2D eigenvalue weighted by Crippen LogP contribution is -2.39. The van der Waals surface area contributed by atoms with E-state index < -0.39 is 9.84 Å². The van der Waals surface area contributed by atoms with E-state index in [4.69, 9.17) is 37.7 Å². The molecular weight excluding hydrogens is 467 g/mol. The Labute approximate surface area is 190 Å². The van der Waals surface area contributed by atoms with E-state index in [-0.39, 0.29) is 23.6 Å². The molecule has 0 saturated carbocycles. The van der Waals surface area contributed by atoms with Crippen LogP contribution in [0.4, 0.5) is 5.69 Å². The molecule has 2 aromatic rings. The zero-order chi connectivity index (χ0) is 21.5. The van der Waals surface area contributed by atoms with Gasteiger partial charge in [0.15, 0.2) is 26.5 Å². The number of fused-ring (bicyclic) bond motifs is 1. The number of anilines is 1. The topological polar surface area (TPSA) is 68.2 Å². The van der Waals surface area contributed by atoms with Crippen molar-refractivity contribution in [3.8, 4) is 11.5 Å². The molecule has 0 spiro atoms. The van der Waals surface area contributed by atoms with Crippen LogP contribution in [0.5, 0.6) is 11.5 Å². The van der Waals surface area contributed by atoms with Crippen molar-refractivity contribution in [3.63, 3.8) is 0 Å². The van der Waals surface area contributed by atoms with Gasteiger partial charge in [-0.2, -0.15) is 0 Å². The third-order valence-corrected chi connectivity index (χ3v) is 8.56. The van der Waals surface area contributed by atoms with E-state index in [1.54, 1.807) is 38.5 Å². The number of benzene rings is 2. The first kappa shape index (κ1) is 21.6. The Morgan fingerprint density at radius 3 is 2.47 bits per heavy atom. The van der Waals surface area contributed by atoms with Gasteiger partial charge in [0.2, 0.25) is 0 Å². The van der Waals surface area contributed by atoms with Gasteiger partial charge >= 0.3 is 0 Å². The summed E-state index contributed by atoms with van der Waals surface area (Å²) in [5.41, 5.74) is 1.62. The highest BCUT2D eigenvalue weighted by molar-refractivity contribution is 8.13. The molecule has 10 heteroatoms. The number of ether oxygens (including phenoxy) is 2. The zero-order valence-electron chi connectivity index (χ0n) is 16.3. The van der Waals surface area contributed by atoms with Crippen molar-refractivity contribution in [2.24, 2.45) is 4.99 Å². The molecule has 4 rings (SSSR count). The standard InChI is InChI=1S/C20H20Cl2N2O4S2/c1-27-18-7-6-12(8-19(18)28-2)24-17-11-30(25,26)10-16(17)23-20(24)29-9-13-14(21)4-3-5-15(13)22/h3-8,16-17H,9-11H2,1-2H3. The van der Waals surface area contributed by atoms with Crippen LogP contribution in [0.1, 0.15) is 5.56 Å². The van der Waals surface area contributed by atoms with Crippen LogP contribution in [0.3, 0.4) is 0 Å². The highest BCUT2D eigenvalue weighted by Gasteiger charge is 2.47. The van der Waals surface area contributed by atoms with Gasteiger partial charge in [0, 0.05) is 27.6 Å². The second-order valence-electron chi connectivity index (χ2n) is 7.02. The van der Waals surface area contributed by atoms with Crippen molar-refractivity contribution in [1.29, 1.82) is 0 Å². The van der Waals surface area contributed by atoms with E-state index in [0.29, 0.717) is 27.3 Å². The van der Waals surface area contributed by atoms with Crippen LogP contribution in [-0.2, 0) is 15.6 Å². The summed E-state index contributed by atoms with van der Waals surface area (Å²) in [4.78, 5) is 6.72. The van der Waals surface area contributed by atoms with Crippen LogP contribution in [0.2, 0.25) is 10.0 Å². The molecule has 0 bridgehead atoms. The largest absolute Gasteiger partial charge is 0.493 e. The molecule has 2 aromatic carbocycles. The van der Waals surface area contributed by atoms with E-state index in [1.807, 2.05) is 17.0 Å². The fourth-order valence-corrected chi connectivity index (χ4v) is 7.43. The maximum Gasteiger partial charge on any atom is 0.164 e. The van der Waals surface area contributed by atoms with Crippen LogP contribution in [-0.4, -0.2) is 51.4 Å². The number of aliphatic imine (C=N–C) groups is 1. The lowest BCUT2D eigenvalue weighted by molar-refractivity contribution is 0.355. The molecule has 1 fully saturated rings. The predicted molar refractivity (Wildman–Crippen MR) is 123 cm³/mol. The van der Waals surface area contributed by atoms with E-state index in [2.05, 4.69) is 0 Å². The summed E-state index contributed by atoms with van der Waals surface area (Å²) >= 11 is 14.1. The van der Waals surface area contributed by atoms with E-state index >= 15 is 0 Å². The number of thioether (sulfide) groups is 1. The Morgan fingerprint density at radius 1 is 1.10 bits per heavy atom. The van der Waals surface area contributed by atoms with Gasteiger partial charge in [-0.25, -0.2) is 8.42 Å². The average Bonchev–Trinajstić information content (AvgIpc) is 3.18. The number of methoxy groups -OCH3 is 2. The van der Waals surface area contributed by atoms with Crippen molar-refractivity contribution < 1.29 is 17.9 Å². The maximum absolute atomic E-state index is 12.2. The molecule has 2 atom stereocenters. The summed E-state index contributed by atoms with van der Waals surface area (Å²) in [7, 11) is 0.00445. The minimum Gasteiger partial charge on any atom is -0.493 e. The lowest BCUT2D eigenvalue weighted by atomic mass is 10.1. The summed E-state index contributed by atoms with van der Waals surface area (Å²) < 4.78 is 35.2. The highest BCUT2D eigenvalue weighted by Crippen LogP contribution is 2.40. The van der Waals surface area contributed by atoms with Crippen LogP contribution in [0.25, 0.3) is 0 Å². The lowest BCUT2D eigenvalue weighted by Gasteiger charge is -2.27. The minimum absolute atomic E-state index is 0.0539. The van der Waals surface area contributed by atoms with Gasteiger partial charge in [0.1, 0.15) is 0 Å². The number of halogens is 2. The Balaban J connectivity index is 1.68. The van der Waals surface area contributed by atoms with Gasteiger partial charge in [-0.05, 0) is 29.8 Å². The van der Waals surface area contributed by atoms with Gasteiger partial charge in [-0.15, -0.1) is 0 Å². The zero-order valence-corrected chi connectivity index (χ0v) is 19.5. The Kier molecular flexibility index (Phi) is 6.12. The normalized spacial score (nSPS) is 22.0. The van der Waals surface area contributed by atoms with Crippen LogP contribution in [0.15, 0.2) is 41.4 Å².